The summed E-state index contributed by atoms with van der Waals surface area (Å²) in [5, 5.41) is 6.15. The van der Waals surface area contributed by atoms with E-state index in [1.165, 1.54) is 23.9 Å². The Morgan fingerprint density at radius 2 is 1.65 bits per heavy atom. The number of carbonyl (C=O) groups is 3. The third-order valence-electron chi connectivity index (χ3n) is 4.80. The van der Waals surface area contributed by atoms with Gasteiger partial charge in [-0.05, 0) is 55.5 Å². The molecular formula is C28H24Cl2N2O4S. The van der Waals surface area contributed by atoms with E-state index in [-0.39, 0.29) is 11.7 Å². The van der Waals surface area contributed by atoms with Crippen LogP contribution in [0, 0.1) is 0 Å². The first-order valence-electron chi connectivity index (χ1n) is 11.3. The quantitative estimate of drug-likeness (QED) is 0.167. The van der Waals surface area contributed by atoms with Crippen molar-refractivity contribution in [3.63, 3.8) is 0 Å². The van der Waals surface area contributed by atoms with E-state index in [1.807, 2.05) is 6.07 Å². The highest BCUT2D eigenvalue weighted by atomic mass is 35.5. The number of amides is 2. The van der Waals surface area contributed by atoms with Crippen molar-refractivity contribution in [2.24, 2.45) is 0 Å². The third kappa shape index (κ3) is 8.82. The van der Waals surface area contributed by atoms with E-state index in [9.17, 15) is 14.4 Å². The number of anilines is 1. The van der Waals surface area contributed by atoms with Crippen LogP contribution in [0.1, 0.15) is 22.8 Å². The van der Waals surface area contributed by atoms with Crippen LogP contribution in [0.3, 0.4) is 0 Å². The number of thioether (sulfide) groups is 1. The summed E-state index contributed by atoms with van der Waals surface area (Å²) in [5.41, 5.74) is 1.29. The van der Waals surface area contributed by atoms with Crippen LogP contribution >= 0.6 is 35.0 Å². The van der Waals surface area contributed by atoms with Gasteiger partial charge in [-0.15, -0.1) is 11.8 Å². The Labute approximate surface area is 229 Å². The van der Waals surface area contributed by atoms with Crippen molar-refractivity contribution in [1.29, 1.82) is 0 Å². The molecule has 0 aliphatic rings. The minimum Gasteiger partial charge on any atom is -0.463 e. The molecule has 0 spiro atoms. The molecule has 190 valence electrons. The van der Waals surface area contributed by atoms with Gasteiger partial charge in [-0.25, -0.2) is 4.79 Å². The van der Waals surface area contributed by atoms with Gasteiger partial charge in [0.2, 0.25) is 0 Å². The van der Waals surface area contributed by atoms with Crippen LogP contribution in [0.5, 0.6) is 0 Å². The molecule has 0 fully saturated rings. The van der Waals surface area contributed by atoms with Crippen molar-refractivity contribution in [2.75, 3.05) is 17.7 Å². The van der Waals surface area contributed by atoms with E-state index in [0.717, 1.165) is 4.90 Å². The van der Waals surface area contributed by atoms with Crippen LogP contribution in [0.2, 0.25) is 10.0 Å². The number of hydrogen-bond acceptors (Lipinski definition) is 5. The van der Waals surface area contributed by atoms with Gasteiger partial charge in [0.15, 0.2) is 0 Å². The molecule has 0 heterocycles. The number of esters is 1. The van der Waals surface area contributed by atoms with Crippen molar-refractivity contribution in [2.45, 2.75) is 11.8 Å². The SMILES string of the molecule is CCOC(=O)/C=C/CSc1cccc(NC(=O)/C(=C\c2c(Cl)cccc2Cl)NC(=O)c2ccccc2)c1. The number of halogens is 2. The van der Waals surface area contributed by atoms with Gasteiger partial charge in [0, 0.05) is 43.6 Å². The van der Waals surface area contributed by atoms with Crippen molar-refractivity contribution >= 4 is 64.5 Å². The van der Waals surface area contributed by atoms with Gasteiger partial charge in [0.05, 0.1) is 6.61 Å². The fourth-order valence-electron chi connectivity index (χ4n) is 3.08. The molecule has 0 aliphatic carbocycles. The molecule has 0 saturated carbocycles. The smallest absolute Gasteiger partial charge is 0.330 e. The number of nitrogens with one attached hydrogen (secondary N) is 2. The molecule has 0 unspecified atom stereocenters. The maximum Gasteiger partial charge on any atom is 0.330 e. The zero-order valence-electron chi connectivity index (χ0n) is 19.9. The topological polar surface area (TPSA) is 84.5 Å². The van der Waals surface area contributed by atoms with Crippen molar-refractivity contribution in [1.82, 2.24) is 5.32 Å². The Kier molecular flexibility index (Phi) is 10.8. The summed E-state index contributed by atoms with van der Waals surface area (Å²) in [4.78, 5) is 38.4. The summed E-state index contributed by atoms with van der Waals surface area (Å²) in [7, 11) is 0. The van der Waals surface area contributed by atoms with Crippen LogP contribution in [0.25, 0.3) is 6.08 Å². The molecule has 0 saturated heterocycles. The zero-order valence-corrected chi connectivity index (χ0v) is 22.2. The molecule has 0 aliphatic heterocycles. The maximum atomic E-state index is 13.3. The predicted octanol–water partition coefficient (Wildman–Crippen LogP) is 6.61. The lowest BCUT2D eigenvalue weighted by molar-refractivity contribution is -0.137. The summed E-state index contributed by atoms with van der Waals surface area (Å²) in [5.74, 6) is -0.855. The normalized spacial score (nSPS) is 11.3. The van der Waals surface area contributed by atoms with E-state index >= 15 is 0 Å². The molecule has 0 radical (unpaired) electrons. The second-order valence-electron chi connectivity index (χ2n) is 7.46. The fourth-order valence-corrected chi connectivity index (χ4v) is 4.35. The van der Waals surface area contributed by atoms with Gasteiger partial charge in [-0.1, -0.05) is 59.6 Å². The van der Waals surface area contributed by atoms with E-state index in [2.05, 4.69) is 10.6 Å². The minimum atomic E-state index is -0.551. The third-order valence-corrected chi connectivity index (χ3v) is 6.40. The lowest BCUT2D eigenvalue weighted by Gasteiger charge is -2.13. The first-order chi connectivity index (χ1) is 17.9. The lowest BCUT2D eigenvalue weighted by Crippen LogP contribution is -2.30. The molecule has 6 nitrogen and oxygen atoms in total. The molecule has 2 amide bonds. The van der Waals surface area contributed by atoms with E-state index in [4.69, 9.17) is 27.9 Å². The van der Waals surface area contributed by atoms with Crippen LogP contribution < -0.4 is 10.6 Å². The van der Waals surface area contributed by atoms with Gasteiger partial charge in [0.1, 0.15) is 5.70 Å². The molecule has 0 aromatic heterocycles. The monoisotopic (exact) mass is 554 g/mol. The molecule has 9 heteroatoms. The van der Waals surface area contributed by atoms with Gasteiger partial charge < -0.3 is 15.4 Å². The molecule has 3 aromatic carbocycles. The summed E-state index contributed by atoms with van der Waals surface area (Å²) in [6.07, 6.45) is 4.54. The van der Waals surface area contributed by atoms with Crippen LogP contribution in [-0.2, 0) is 14.3 Å². The molecular weight excluding hydrogens is 531 g/mol. The van der Waals surface area contributed by atoms with Crippen LogP contribution in [0.4, 0.5) is 5.69 Å². The van der Waals surface area contributed by atoms with E-state index in [1.54, 1.807) is 79.7 Å². The average Bonchev–Trinajstić information content (AvgIpc) is 2.89. The van der Waals surface area contributed by atoms with Crippen molar-refractivity contribution in [3.8, 4) is 0 Å². The minimum absolute atomic E-state index is 0.0284. The van der Waals surface area contributed by atoms with Crippen LogP contribution in [-0.4, -0.2) is 30.1 Å². The number of carbonyl (C=O) groups excluding carboxylic acids is 3. The zero-order chi connectivity index (χ0) is 26.6. The standard InChI is InChI=1S/C28H24Cl2N2O4S/c1-2-36-26(33)15-8-16-37-21-12-6-11-20(17-21)31-28(35)25(18-22-23(29)13-7-14-24(22)30)32-27(34)19-9-4-3-5-10-19/h3-15,17-18H,2,16H2,1H3,(H,31,35)(H,32,34)/b15-8+,25-18+. The van der Waals surface area contributed by atoms with Gasteiger partial charge >= 0.3 is 5.97 Å². The maximum absolute atomic E-state index is 13.3. The largest absolute Gasteiger partial charge is 0.463 e. The molecule has 0 atom stereocenters. The number of benzene rings is 3. The van der Waals surface area contributed by atoms with Crippen LogP contribution in [0.15, 0.2) is 95.5 Å². The second kappa shape index (κ2) is 14.3. The van der Waals surface area contributed by atoms with E-state index < -0.39 is 11.8 Å². The van der Waals surface area contributed by atoms with E-state index in [0.29, 0.717) is 39.2 Å². The first kappa shape index (κ1) is 28.1. The van der Waals surface area contributed by atoms with Gasteiger partial charge in [0.25, 0.3) is 11.8 Å². The summed E-state index contributed by atoms with van der Waals surface area (Å²) in [6.45, 7) is 2.07. The first-order valence-corrected chi connectivity index (χ1v) is 13.0. The molecule has 0 bridgehead atoms. The molecule has 3 aromatic rings. The summed E-state index contributed by atoms with van der Waals surface area (Å²) in [6, 6.07) is 20.7. The van der Waals surface area contributed by atoms with Crippen molar-refractivity contribution in [3.05, 3.63) is 112 Å². The summed E-state index contributed by atoms with van der Waals surface area (Å²) < 4.78 is 4.86. The Balaban J connectivity index is 1.79. The molecule has 3 rings (SSSR count). The number of ether oxygens (including phenoxy) is 1. The Bertz CT molecular complexity index is 1310. The Morgan fingerprint density at radius 1 is 0.946 bits per heavy atom. The fraction of sp³-hybridized carbons (Fsp3) is 0.107. The highest BCUT2D eigenvalue weighted by Gasteiger charge is 2.17. The second-order valence-corrected chi connectivity index (χ2v) is 9.37. The number of rotatable bonds is 10. The van der Waals surface area contributed by atoms with Crippen molar-refractivity contribution < 1.29 is 19.1 Å². The highest BCUT2D eigenvalue weighted by molar-refractivity contribution is 7.99. The molecule has 2 N–H and O–H groups in total. The summed E-state index contributed by atoms with van der Waals surface area (Å²) >= 11 is 14.1. The Morgan fingerprint density at radius 3 is 2.35 bits per heavy atom. The average molecular weight is 555 g/mol. The van der Waals surface area contributed by atoms with Gasteiger partial charge in [-0.3, -0.25) is 9.59 Å². The number of hydrogen-bond donors (Lipinski definition) is 2. The predicted molar refractivity (Wildman–Crippen MR) is 150 cm³/mol. The highest BCUT2D eigenvalue weighted by Crippen LogP contribution is 2.27. The lowest BCUT2D eigenvalue weighted by atomic mass is 10.1. The Hall–Kier alpha value is -3.52. The van der Waals surface area contributed by atoms with Gasteiger partial charge in [-0.2, -0.15) is 0 Å². The molecule has 37 heavy (non-hydrogen) atoms.